The monoisotopic (exact) mass is 271 g/mol. The van der Waals surface area contributed by atoms with Crippen molar-refractivity contribution < 1.29 is 9.53 Å². The van der Waals surface area contributed by atoms with Gasteiger partial charge in [-0.25, -0.2) is 14.5 Å². The average molecular weight is 271 g/mol. The Kier molecular flexibility index (Phi) is 3.66. The normalized spacial score (nSPS) is 10.1. The van der Waals surface area contributed by atoms with Gasteiger partial charge in [-0.1, -0.05) is 0 Å². The number of nitrogens with zero attached hydrogens (tertiary/aromatic N) is 4. The van der Waals surface area contributed by atoms with Gasteiger partial charge in [0.1, 0.15) is 0 Å². The van der Waals surface area contributed by atoms with Gasteiger partial charge in [-0.3, -0.25) is 0 Å². The van der Waals surface area contributed by atoms with Crippen LogP contribution in [-0.2, 0) is 4.74 Å². The third kappa shape index (κ3) is 2.59. The molecule has 0 aliphatic rings. The summed E-state index contributed by atoms with van der Waals surface area (Å²) in [6, 6.07) is 5.26. The molecule has 2 N–H and O–H groups in total. The molecule has 0 bridgehead atoms. The highest BCUT2D eigenvalue weighted by atomic mass is 16.5. The number of anilines is 1. The first kappa shape index (κ1) is 13.5. The van der Waals surface area contributed by atoms with Crippen LogP contribution in [0.3, 0.4) is 0 Å². The molecule has 7 heteroatoms. The van der Waals surface area contributed by atoms with Gasteiger partial charge >= 0.3 is 5.97 Å². The number of nitrogens with two attached hydrogens (primary N) is 1. The maximum atomic E-state index is 11.6. The quantitative estimate of drug-likeness (QED) is 0.841. The fourth-order valence-corrected chi connectivity index (χ4v) is 1.70. The first-order chi connectivity index (χ1) is 9.55. The predicted octanol–water partition coefficient (Wildman–Crippen LogP) is 1.21. The van der Waals surface area contributed by atoms with E-state index in [0.717, 1.165) is 0 Å². The smallest absolute Gasteiger partial charge is 0.361 e. The number of hydrogen-bond acceptors (Lipinski definition) is 6. The van der Waals surface area contributed by atoms with E-state index in [4.69, 9.17) is 15.7 Å². The van der Waals surface area contributed by atoms with Crippen molar-refractivity contribution in [3.8, 4) is 11.9 Å². The number of pyridine rings is 1. The van der Waals surface area contributed by atoms with Gasteiger partial charge in [0.05, 0.1) is 30.1 Å². The molecule has 20 heavy (non-hydrogen) atoms. The maximum Gasteiger partial charge on any atom is 0.361 e. The molecule has 0 amide bonds. The SMILES string of the molecule is CCOC(=O)c1nn(-c2cc(C#N)cc(C)n2)cc1N. The Labute approximate surface area is 115 Å². The molecule has 102 valence electrons. The van der Waals surface area contributed by atoms with Gasteiger partial charge in [-0.2, -0.15) is 10.4 Å². The molecule has 0 aliphatic heterocycles. The second kappa shape index (κ2) is 5.40. The number of hydrogen-bond donors (Lipinski definition) is 1. The van der Waals surface area contributed by atoms with Gasteiger partial charge in [-0.05, 0) is 19.9 Å². The Morgan fingerprint density at radius 2 is 2.30 bits per heavy atom. The molecule has 2 heterocycles. The Hall–Kier alpha value is -2.88. The zero-order valence-electron chi connectivity index (χ0n) is 11.1. The summed E-state index contributed by atoms with van der Waals surface area (Å²) in [5.74, 6) is -0.166. The van der Waals surface area contributed by atoms with E-state index in [2.05, 4.69) is 10.1 Å². The third-order valence-electron chi connectivity index (χ3n) is 2.52. The van der Waals surface area contributed by atoms with Crippen LogP contribution < -0.4 is 5.73 Å². The summed E-state index contributed by atoms with van der Waals surface area (Å²) in [6.45, 7) is 3.71. The fourth-order valence-electron chi connectivity index (χ4n) is 1.70. The lowest BCUT2D eigenvalue weighted by Gasteiger charge is -2.02. The van der Waals surface area contributed by atoms with Crippen LogP contribution in [0.5, 0.6) is 0 Å². The zero-order valence-corrected chi connectivity index (χ0v) is 11.1. The summed E-state index contributed by atoms with van der Waals surface area (Å²) in [5, 5.41) is 13.0. The molecule has 0 atom stereocenters. The van der Waals surface area contributed by atoms with Gasteiger partial charge in [0, 0.05) is 11.8 Å². The van der Waals surface area contributed by atoms with Crippen molar-refractivity contribution in [2.24, 2.45) is 0 Å². The van der Waals surface area contributed by atoms with E-state index in [9.17, 15) is 4.79 Å². The zero-order chi connectivity index (χ0) is 14.7. The molecule has 0 saturated heterocycles. The summed E-state index contributed by atoms with van der Waals surface area (Å²) >= 11 is 0. The fraction of sp³-hybridized carbons (Fsp3) is 0.231. The Bertz CT molecular complexity index is 699. The molecule has 0 aromatic carbocycles. The van der Waals surface area contributed by atoms with E-state index in [1.54, 1.807) is 26.0 Å². The van der Waals surface area contributed by atoms with Gasteiger partial charge in [-0.15, -0.1) is 0 Å². The van der Waals surface area contributed by atoms with Crippen LogP contribution in [0.1, 0.15) is 28.7 Å². The number of carbonyl (C=O) groups excluding carboxylic acids is 1. The maximum absolute atomic E-state index is 11.6. The van der Waals surface area contributed by atoms with Gasteiger partial charge in [0.25, 0.3) is 0 Å². The predicted molar refractivity (Wildman–Crippen MR) is 71.2 cm³/mol. The summed E-state index contributed by atoms with van der Waals surface area (Å²) < 4.78 is 6.22. The van der Waals surface area contributed by atoms with Crippen LogP contribution in [0, 0.1) is 18.3 Å². The summed E-state index contributed by atoms with van der Waals surface area (Å²) in [6.07, 6.45) is 1.47. The summed E-state index contributed by atoms with van der Waals surface area (Å²) in [5.41, 5.74) is 7.11. The van der Waals surface area contributed by atoms with Crippen molar-refractivity contribution >= 4 is 11.7 Å². The number of rotatable bonds is 3. The molecule has 2 aromatic heterocycles. The van der Waals surface area contributed by atoms with Crippen LogP contribution >= 0.6 is 0 Å². The number of nitrogen functional groups attached to an aromatic ring is 1. The second-order valence-electron chi connectivity index (χ2n) is 4.07. The lowest BCUT2D eigenvalue weighted by Crippen LogP contribution is -2.09. The number of ether oxygens (including phenoxy) is 1. The molecule has 0 saturated carbocycles. The van der Waals surface area contributed by atoms with E-state index in [1.165, 1.54) is 10.9 Å². The van der Waals surface area contributed by atoms with Crippen molar-refractivity contribution in [1.82, 2.24) is 14.8 Å². The van der Waals surface area contributed by atoms with Crippen molar-refractivity contribution in [3.05, 3.63) is 35.3 Å². The molecule has 0 unspecified atom stereocenters. The van der Waals surface area contributed by atoms with Crippen LogP contribution in [0.25, 0.3) is 5.82 Å². The molecule has 0 aliphatic carbocycles. The highest BCUT2D eigenvalue weighted by Gasteiger charge is 2.17. The van der Waals surface area contributed by atoms with E-state index < -0.39 is 5.97 Å². The summed E-state index contributed by atoms with van der Waals surface area (Å²) in [7, 11) is 0. The standard InChI is InChI=1S/C13H13N5O2/c1-3-20-13(19)12-10(15)7-18(17-12)11-5-9(6-14)4-8(2)16-11/h4-5,7H,3,15H2,1-2H3. The van der Waals surface area contributed by atoms with Crippen molar-refractivity contribution in [3.63, 3.8) is 0 Å². The lowest BCUT2D eigenvalue weighted by atomic mass is 10.2. The molecular formula is C13H13N5O2. The number of esters is 1. The Morgan fingerprint density at radius 1 is 1.55 bits per heavy atom. The molecule has 0 radical (unpaired) electrons. The van der Waals surface area contributed by atoms with Crippen LogP contribution in [0.4, 0.5) is 5.69 Å². The number of aromatic nitrogens is 3. The molecule has 0 spiro atoms. The first-order valence-electron chi connectivity index (χ1n) is 5.96. The second-order valence-corrected chi connectivity index (χ2v) is 4.07. The molecular weight excluding hydrogens is 258 g/mol. The van der Waals surface area contributed by atoms with E-state index in [1.807, 2.05) is 6.07 Å². The van der Waals surface area contributed by atoms with Crippen LogP contribution in [0.15, 0.2) is 18.3 Å². The third-order valence-corrected chi connectivity index (χ3v) is 2.52. The van der Waals surface area contributed by atoms with Crippen molar-refractivity contribution in [2.45, 2.75) is 13.8 Å². The Balaban J connectivity index is 2.45. The van der Waals surface area contributed by atoms with E-state index in [0.29, 0.717) is 17.1 Å². The molecule has 2 aromatic rings. The topological polar surface area (TPSA) is 107 Å². The molecule has 0 fully saturated rings. The largest absolute Gasteiger partial charge is 0.461 e. The minimum atomic E-state index is -0.586. The van der Waals surface area contributed by atoms with Gasteiger partial charge < -0.3 is 10.5 Å². The minimum Gasteiger partial charge on any atom is -0.461 e. The lowest BCUT2D eigenvalue weighted by molar-refractivity contribution is 0.0520. The van der Waals surface area contributed by atoms with Gasteiger partial charge in [0.2, 0.25) is 0 Å². The van der Waals surface area contributed by atoms with Crippen molar-refractivity contribution in [2.75, 3.05) is 12.3 Å². The Morgan fingerprint density at radius 3 is 2.95 bits per heavy atom. The number of aryl methyl sites for hydroxylation is 1. The first-order valence-corrected chi connectivity index (χ1v) is 5.96. The van der Waals surface area contributed by atoms with Crippen LogP contribution in [0.2, 0.25) is 0 Å². The summed E-state index contributed by atoms with van der Waals surface area (Å²) in [4.78, 5) is 15.9. The number of nitriles is 1. The van der Waals surface area contributed by atoms with Crippen molar-refractivity contribution in [1.29, 1.82) is 5.26 Å². The van der Waals surface area contributed by atoms with E-state index in [-0.39, 0.29) is 18.0 Å². The minimum absolute atomic E-state index is 0.0358. The van der Waals surface area contributed by atoms with E-state index >= 15 is 0 Å². The highest BCUT2D eigenvalue weighted by Crippen LogP contribution is 2.15. The molecule has 7 nitrogen and oxygen atoms in total. The number of carbonyl (C=O) groups is 1. The van der Waals surface area contributed by atoms with Gasteiger partial charge in [0.15, 0.2) is 11.5 Å². The highest BCUT2D eigenvalue weighted by molar-refractivity contribution is 5.92. The molecule has 2 rings (SSSR count). The van der Waals surface area contributed by atoms with Crippen LogP contribution in [-0.4, -0.2) is 27.3 Å². The average Bonchev–Trinajstić information content (AvgIpc) is 2.80.